The largest absolute Gasteiger partial charge is 0.444 e. The van der Waals surface area contributed by atoms with Gasteiger partial charge in [-0.3, -0.25) is 0 Å². The summed E-state index contributed by atoms with van der Waals surface area (Å²) in [5.41, 5.74) is 5.62. The Bertz CT molecular complexity index is 460. The minimum Gasteiger partial charge on any atom is -0.444 e. The summed E-state index contributed by atoms with van der Waals surface area (Å²) in [4.78, 5) is 23.7. The van der Waals surface area contributed by atoms with Crippen LogP contribution in [-0.4, -0.2) is 52.4 Å². The highest BCUT2D eigenvalue weighted by molar-refractivity contribution is 5.68. The van der Waals surface area contributed by atoms with Gasteiger partial charge in [0.15, 0.2) is 0 Å². The van der Waals surface area contributed by atoms with Gasteiger partial charge in [-0.1, -0.05) is 0 Å². The van der Waals surface area contributed by atoms with Gasteiger partial charge in [-0.15, -0.1) is 0 Å². The van der Waals surface area contributed by atoms with Gasteiger partial charge >= 0.3 is 6.09 Å². The quantitative estimate of drug-likeness (QED) is 0.819. The van der Waals surface area contributed by atoms with Crippen LogP contribution in [0.2, 0.25) is 0 Å². The number of aromatic nitrogens is 2. The highest BCUT2D eigenvalue weighted by Crippen LogP contribution is 2.17. The van der Waals surface area contributed by atoms with Crippen LogP contribution in [0.1, 0.15) is 20.8 Å². The van der Waals surface area contributed by atoms with Crippen LogP contribution < -0.4 is 10.6 Å². The Morgan fingerprint density at radius 3 is 2.75 bits per heavy atom. The topological polar surface area (TPSA) is 84.6 Å². The van der Waals surface area contributed by atoms with E-state index in [1.165, 1.54) is 6.33 Å². The molecule has 0 aromatic carbocycles. The Hall–Kier alpha value is -1.89. The minimum atomic E-state index is -0.495. The first-order valence-electron chi connectivity index (χ1n) is 6.63. The summed E-state index contributed by atoms with van der Waals surface area (Å²) < 4.78 is 5.35. The molecule has 0 aliphatic carbocycles. The van der Waals surface area contributed by atoms with E-state index < -0.39 is 5.60 Å². The van der Waals surface area contributed by atoms with Crippen LogP contribution in [0.4, 0.5) is 10.6 Å². The monoisotopic (exact) mass is 279 g/mol. The molecule has 1 saturated heterocycles. The lowest BCUT2D eigenvalue weighted by molar-refractivity contribution is 0.0215. The summed E-state index contributed by atoms with van der Waals surface area (Å²) in [6.07, 6.45) is 2.54. The molecule has 110 valence electrons. The SMILES string of the molecule is CC(C)(C)OC(=O)N1CCN(c2ccncn2)C(N)C1. The molecule has 1 unspecified atom stereocenters. The molecule has 1 amide bonds. The number of nitrogens with zero attached hydrogens (tertiary/aromatic N) is 4. The smallest absolute Gasteiger partial charge is 0.410 e. The highest BCUT2D eigenvalue weighted by Gasteiger charge is 2.30. The molecule has 1 aromatic heterocycles. The highest BCUT2D eigenvalue weighted by atomic mass is 16.6. The average Bonchev–Trinajstić information content (AvgIpc) is 2.37. The number of piperazine rings is 1. The Balaban J connectivity index is 1.97. The van der Waals surface area contributed by atoms with Gasteiger partial charge in [0.1, 0.15) is 17.7 Å². The van der Waals surface area contributed by atoms with Crippen molar-refractivity contribution in [1.82, 2.24) is 14.9 Å². The fraction of sp³-hybridized carbons (Fsp3) is 0.615. The Morgan fingerprint density at radius 2 is 2.20 bits per heavy atom. The summed E-state index contributed by atoms with van der Waals surface area (Å²) >= 11 is 0. The second-order valence-corrected chi connectivity index (χ2v) is 5.75. The molecule has 7 nitrogen and oxygen atoms in total. The number of hydrogen-bond donors (Lipinski definition) is 1. The van der Waals surface area contributed by atoms with E-state index in [0.717, 1.165) is 5.82 Å². The maximum Gasteiger partial charge on any atom is 0.410 e. The molecule has 20 heavy (non-hydrogen) atoms. The third-order valence-corrected chi connectivity index (χ3v) is 2.93. The van der Waals surface area contributed by atoms with E-state index in [1.54, 1.807) is 11.1 Å². The Morgan fingerprint density at radius 1 is 1.45 bits per heavy atom. The number of ether oxygens (including phenoxy) is 1. The lowest BCUT2D eigenvalue weighted by Crippen LogP contribution is -2.59. The van der Waals surface area contributed by atoms with E-state index >= 15 is 0 Å². The fourth-order valence-electron chi connectivity index (χ4n) is 2.04. The van der Waals surface area contributed by atoms with Gasteiger partial charge in [0.05, 0.1) is 12.7 Å². The number of nitrogens with two attached hydrogens (primary N) is 1. The molecular formula is C13H21N5O2. The van der Waals surface area contributed by atoms with Crippen LogP contribution in [0.5, 0.6) is 0 Å². The number of carbonyl (C=O) groups is 1. The third kappa shape index (κ3) is 3.57. The van der Waals surface area contributed by atoms with Gasteiger partial charge in [0.2, 0.25) is 0 Å². The van der Waals surface area contributed by atoms with E-state index in [2.05, 4.69) is 9.97 Å². The lowest BCUT2D eigenvalue weighted by Gasteiger charge is -2.40. The van der Waals surface area contributed by atoms with Crippen molar-refractivity contribution >= 4 is 11.9 Å². The first-order chi connectivity index (χ1) is 9.37. The van der Waals surface area contributed by atoms with Crippen molar-refractivity contribution in [2.45, 2.75) is 32.5 Å². The molecule has 2 N–H and O–H groups in total. The second kappa shape index (κ2) is 5.62. The van der Waals surface area contributed by atoms with Crippen LogP contribution in [0.15, 0.2) is 18.6 Å². The molecule has 0 spiro atoms. The lowest BCUT2D eigenvalue weighted by atomic mass is 10.2. The third-order valence-electron chi connectivity index (χ3n) is 2.93. The molecule has 1 aliphatic rings. The summed E-state index contributed by atoms with van der Waals surface area (Å²) in [5, 5.41) is 0. The number of amides is 1. The molecule has 0 radical (unpaired) electrons. The zero-order chi connectivity index (χ0) is 14.8. The van der Waals surface area contributed by atoms with Crippen molar-refractivity contribution in [3.05, 3.63) is 18.6 Å². The van der Waals surface area contributed by atoms with Crippen LogP contribution in [0.25, 0.3) is 0 Å². The van der Waals surface area contributed by atoms with E-state index in [-0.39, 0.29) is 12.3 Å². The van der Waals surface area contributed by atoms with Crippen molar-refractivity contribution in [2.75, 3.05) is 24.5 Å². The number of carbonyl (C=O) groups excluding carboxylic acids is 1. The van der Waals surface area contributed by atoms with Crippen molar-refractivity contribution in [2.24, 2.45) is 5.73 Å². The zero-order valence-electron chi connectivity index (χ0n) is 12.1. The van der Waals surface area contributed by atoms with Gasteiger partial charge in [0, 0.05) is 19.3 Å². The standard InChI is InChI=1S/C13H21N5O2/c1-13(2,3)20-12(19)17-6-7-18(10(14)8-17)11-4-5-15-9-16-11/h4-5,9-10H,6-8,14H2,1-3H3. The van der Waals surface area contributed by atoms with E-state index in [0.29, 0.717) is 19.6 Å². The van der Waals surface area contributed by atoms with Crippen molar-refractivity contribution in [3.63, 3.8) is 0 Å². The summed E-state index contributed by atoms with van der Waals surface area (Å²) in [7, 11) is 0. The first kappa shape index (κ1) is 14.5. The van der Waals surface area contributed by atoms with Gasteiger partial charge in [-0.05, 0) is 26.8 Å². The number of rotatable bonds is 1. The van der Waals surface area contributed by atoms with E-state index in [1.807, 2.05) is 31.7 Å². The molecule has 1 aliphatic heterocycles. The van der Waals surface area contributed by atoms with Crippen LogP contribution in [0, 0.1) is 0 Å². The average molecular weight is 279 g/mol. The molecule has 0 bridgehead atoms. The van der Waals surface area contributed by atoms with Gasteiger partial charge < -0.3 is 20.3 Å². The second-order valence-electron chi connectivity index (χ2n) is 5.75. The molecule has 1 aromatic rings. The molecule has 2 rings (SSSR count). The summed E-state index contributed by atoms with van der Waals surface area (Å²) in [5.74, 6) is 0.774. The molecule has 1 atom stereocenters. The summed E-state index contributed by atoms with van der Waals surface area (Å²) in [6, 6.07) is 1.81. The van der Waals surface area contributed by atoms with Gasteiger partial charge in [-0.25, -0.2) is 14.8 Å². The molecule has 0 saturated carbocycles. The van der Waals surface area contributed by atoms with Crippen LogP contribution in [-0.2, 0) is 4.74 Å². The maximum absolute atomic E-state index is 12.0. The first-order valence-corrected chi connectivity index (χ1v) is 6.63. The van der Waals surface area contributed by atoms with Crippen LogP contribution in [0.3, 0.4) is 0 Å². The molecule has 1 fully saturated rings. The number of hydrogen-bond acceptors (Lipinski definition) is 6. The van der Waals surface area contributed by atoms with Crippen LogP contribution >= 0.6 is 0 Å². The predicted octanol–water partition coefficient (Wildman–Crippen LogP) is 0.819. The van der Waals surface area contributed by atoms with Crippen molar-refractivity contribution in [1.29, 1.82) is 0 Å². The Kier molecular flexibility index (Phi) is 4.08. The van der Waals surface area contributed by atoms with Crippen molar-refractivity contribution < 1.29 is 9.53 Å². The summed E-state index contributed by atoms with van der Waals surface area (Å²) in [6.45, 7) is 7.15. The number of anilines is 1. The van der Waals surface area contributed by atoms with Crippen molar-refractivity contribution in [3.8, 4) is 0 Å². The Labute approximate surface area is 118 Å². The van der Waals surface area contributed by atoms with E-state index in [4.69, 9.17) is 10.5 Å². The normalized spacial score (nSPS) is 19.9. The fourth-order valence-corrected chi connectivity index (χ4v) is 2.04. The van der Waals surface area contributed by atoms with E-state index in [9.17, 15) is 4.79 Å². The maximum atomic E-state index is 12.0. The predicted molar refractivity (Wildman–Crippen MR) is 75.2 cm³/mol. The minimum absolute atomic E-state index is 0.300. The van der Waals surface area contributed by atoms with Gasteiger partial charge in [-0.2, -0.15) is 0 Å². The van der Waals surface area contributed by atoms with Gasteiger partial charge in [0.25, 0.3) is 0 Å². The molecule has 7 heteroatoms. The zero-order valence-corrected chi connectivity index (χ0v) is 12.1. The molecular weight excluding hydrogens is 258 g/mol. The molecule has 2 heterocycles.